The molecule has 0 spiro atoms. The van der Waals surface area contributed by atoms with Crippen LogP contribution >= 0.6 is 0 Å². The highest BCUT2D eigenvalue weighted by Gasteiger charge is 2.37. The van der Waals surface area contributed by atoms with Crippen LogP contribution in [-0.2, 0) is 9.22 Å². The molecule has 1 aliphatic rings. The molecule has 0 bridgehead atoms. The number of hydrogen-bond donors (Lipinski definition) is 0. The minimum absolute atomic E-state index is 0.267. The van der Waals surface area contributed by atoms with Gasteiger partial charge in [0.1, 0.15) is 5.78 Å². The summed E-state index contributed by atoms with van der Waals surface area (Å²) < 4.78 is 6.13. The summed E-state index contributed by atoms with van der Waals surface area (Å²) in [4.78, 5) is 11.7. The molecular formula is C14H28O2Si. The standard InChI is InChI=1S/C14H28O2Si/c1-14(2,3)17(4,5)16-11-10-12-8-6-7-9-13(12)15/h12H,6-11H2,1-5H3. The van der Waals surface area contributed by atoms with Gasteiger partial charge in [-0.05, 0) is 37.4 Å². The Morgan fingerprint density at radius 3 is 2.47 bits per heavy atom. The van der Waals surface area contributed by atoms with E-state index in [4.69, 9.17) is 4.43 Å². The molecule has 2 nitrogen and oxygen atoms in total. The molecule has 0 N–H and O–H groups in total. The van der Waals surface area contributed by atoms with Gasteiger partial charge in [0.2, 0.25) is 0 Å². The third kappa shape index (κ3) is 4.22. The zero-order valence-corrected chi connectivity index (χ0v) is 13.1. The molecule has 1 aliphatic carbocycles. The molecule has 1 saturated carbocycles. The van der Waals surface area contributed by atoms with Crippen LogP contribution in [0.15, 0.2) is 0 Å². The van der Waals surface area contributed by atoms with Crippen molar-refractivity contribution in [2.45, 2.75) is 71.0 Å². The number of carbonyl (C=O) groups excluding carboxylic acids is 1. The molecule has 1 fully saturated rings. The molecular weight excluding hydrogens is 228 g/mol. The van der Waals surface area contributed by atoms with Crippen LogP contribution < -0.4 is 0 Å². The summed E-state index contributed by atoms with van der Waals surface area (Å²) >= 11 is 0. The van der Waals surface area contributed by atoms with Crippen molar-refractivity contribution in [1.29, 1.82) is 0 Å². The number of rotatable bonds is 4. The Bertz CT molecular complexity index is 266. The van der Waals surface area contributed by atoms with Crippen LogP contribution in [0, 0.1) is 5.92 Å². The lowest BCUT2D eigenvalue weighted by Gasteiger charge is -2.36. The molecule has 0 aromatic heterocycles. The van der Waals surface area contributed by atoms with Crippen LogP contribution in [0.4, 0.5) is 0 Å². The van der Waals surface area contributed by atoms with E-state index in [1.807, 2.05) is 0 Å². The highest BCUT2D eigenvalue weighted by molar-refractivity contribution is 6.74. The van der Waals surface area contributed by atoms with Crippen LogP contribution in [0.1, 0.15) is 52.9 Å². The maximum atomic E-state index is 11.7. The molecule has 0 heterocycles. The summed E-state index contributed by atoms with van der Waals surface area (Å²) in [5, 5.41) is 0.267. The Morgan fingerprint density at radius 2 is 1.94 bits per heavy atom. The van der Waals surface area contributed by atoms with Crippen LogP contribution in [0.2, 0.25) is 18.1 Å². The average molecular weight is 256 g/mol. The largest absolute Gasteiger partial charge is 0.417 e. The van der Waals surface area contributed by atoms with Crippen molar-refractivity contribution in [2.75, 3.05) is 6.61 Å². The van der Waals surface area contributed by atoms with Gasteiger partial charge in [0.25, 0.3) is 0 Å². The SMILES string of the molecule is CC(C)(C)[Si](C)(C)OCCC1CCCCC1=O. The van der Waals surface area contributed by atoms with E-state index in [-0.39, 0.29) is 11.0 Å². The van der Waals surface area contributed by atoms with E-state index in [1.54, 1.807) is 0 Å². The molecule has 3 heteroatoms. The van der Waals surface area contributed by atoms with Gasteiger partial charge in [-0.2, -0.15) is 0 Å². The Kier molecular flexibility index (Phi) is 4.96. The first-order valence-electron chi connectivity index (χ1n) is 6.91. The predicted octanol–water partition coefficient (Wildman–Crippen LogP) is 4.16. The van der Waals surface area contributed by atoms with Gasteiger partial charge >= 0.3 is 0 Å². The third-order valence-corrected chi connectivity index (χ3v) is 8.95. The molecule has 1 rings (SSSR count). The lowest BCUT2D eigenvalue weighted by Crippen LogP contribution is -2.41. The Morgan fingerprint density at radius 1 is 1.29 bits per heavy atom. The number of hydrogen-bond acceptors (Lipinski definition) is 2. The van der Waals surface area contributed by atoms with E-state index in [0.29, 0.717) is 5.78 Å². The molecule has 0 aromatic rings. The normalized spacial score (nSPS) is 22.9. The van der Waals surface area contributed by atoms with Crippen molar-refractivity contribution in [2.24, 2.45) is 5.92 Å². The Labute approximate surface area is 107 Å². The van der Waals surface area contributed by atoms with Gasteiger partial charge in [-0.3, -0.25) is 4.79 Å². The minimum atomic E-state index is -1.62. The van der Waals surface area contributed by atoms with E-state index in [2.05, 4.69) is 33.9 Å². The zero-order valence-electron chi connectivity index (χ0n) is 12.1. The van der Waals surface area contributed by atoms with Gasteiger partial charge < -0.3 is 4.43 Å². The van der Waals surface area contributed by atoms with Crippen molar-refractivity contribution in [3.63, 3.8) is 0 Å². The number of carbonyl (C=O) groups is 1. The predicted molar refractivity (Wildman–Crippen MR) is 74.7 cm³/mol. The van der Waals surface area contributed by atoms with Gasteiger partial charge in [0.05, 0.1) is 0 Å². The maximum absolute atomic E-state index is 11.7. The monoisotopic (exact) mass is 256 g/mol. The van der Waals surface area contributed by atoms with Crippen LogP contribution in [0.5, 0.6) is 0 Å². The first kappa shape index (κ1) is 14.9. The van der Waals surface area contributed by atoms with Gasteiger partial charge in [-0.15, -0.1) is 0 Å². The molecule has 1 unspecified atom stereocenters. The summed E-state index contributed by atoms with van der Waals surface area (Å²) in [7, 11) is -1.62. The lowest BCUT2D eigenvalue weighted by molar-refractivity contribution is -0.125. The third-order valence-electron chi connectivity index (χ3n) is 4.42. The summed E-state index contributed by atoms with van der Waals surface area (Å²) in [6.45, 7) is 12.1. The maximum Gasteiger partial charge on any atom is 0.191 e. The van der Waals surface area contributed by atoms with Crippen LogP contribution in [-0.4, -0.2) is 20.7 Å². The second-order valence-corrected chi connectivity index (χ2v) is 11.6. The summed E-state index contributed by atoms with van der Waals surface area (Å²) in [6, 6.07) is 0. The second kappa shape index (κ2) is 5.66. The van der Waals surface area contributed by atoms with Gasteiger partial charge in [-0.1, -0.05) is 27.2 Å². The van der Waals surface area contributed by atoms with E-state index in [1.165, 1.54) is 6.42 Å². The highest BCUT2D eigenvalue weighted by atomic mass is 28.4. The highest BCUT2D eigenvalue weighted by Crippen LogP contribution is 2.37. The fourth-order valence-corrected chi connectivity index (χ4v) is 3.09. The van der Waals surface area contributed by atoms with Crippen molar-refractivity contribution in [1.82, 2.24) is 0 Å². The first-order chi connectivity index (χ1) is 7.74. The molecule has 0 saturated heterocycles. The van der Waals surface area contributed by atoms with Gasteiger partial charge in [0.15, 0.2) is 8.32 Å². The summed E-state index contributed by atoms with van der Waals surface area (Å²) in [5.74, 6) is 0.753. The van der Waals surface area contributed by atoms with E-state index in [9.17, 15) is 4.79 Å². The molecule has 1 atom stereocenters. The topological polar surface area (TPSA) is 26.3 Å². The van der Waals surface area contributed by atoms with Crippen molar-refractivity contribution >= 4 is 14.1 Å². The van der Waals surface area contributed by atoms with E-state index >= 15 is 0 Å². The molecule has 17 heavy (non-hydrogen) atoms. The Balaban J connectivity index is 2.34. The molecule has 100 valence electrons. The quantitative estimate of drug-likeness (QED) is 0.706. The fraction of sp³-hybridized carbons (Fsp3) is 0.929. The number of ketones is 1. The smallest absolute Gasteiger partial charge is 0.191 e. The fourth-order valence-electron chi connectivity index (χ4n) is 2.03. The molecule has 0 aromatic carbocycles. The molecule has 0 aliphatic heterocycles. The summed E-state index contributed by atoms with van der Waals surface area (Å²) in [6.07, 6.45) is 5.13. The van der Waals surface area contributed by atoms with E-state index < -0.39 is 8.32 Å². The van der Waals surface area contributed by atoms with E-state index in [0.717, 1.165) is 32.3 Å². The number of Topliss-reactive ketones (excluding diaryl/α,β-unsaturated/α-hetero) is 1. The average Bonchev–Trinajstić information content (AvgIpc) is 2.19. The second-order valence-electron chi connectivity index (χ2n) is 6.81. The van der Waals surface area contributed by atoms with Crippen LogP contribution in [0.25, 0.3) is 0 Å². The zero-order chi connectivity index (χ0) is 13.1. The lowest BCUT2D eigenvalue weighted by atomic mass is 9.86. The van der Waals surface area contributed by atoms with Gasteiger partial charge in [0, 0.05) is 18.9 Å². The first-order valence-corrected chi connectivity index (χ1v) is 9.81. The van der Waals surface area contributed by atoms with Crippen LogP contribution in [0.3, 0.4) is 0 Å². The Hall–Kier alpha value is -0.153. The minimum Gasteiger partial charge on any atom is -0.417 e. The van der Waals surface area contributed by atoms with Crippen molar-refractivity contribution in [3.8, 4) is 0 Å². The van der Waals surface area contributed by atoms with Crippen molar-refractivity contribution in [3.05, 3.63) is 0 Å². The molecule has 0 radical (unpaired) electrons. The van der Waals surface area contributed by atoms with Gasteiger partial charge in [-0.25, -0.2) is 0 Å². The molecule has 0 amide bonds. The summed E-state index contributed by atoms with van der Waals surface area (Å²) in [5.41, 5.74) is 0. The van der Waals surface area contributed by atoms with Crippen molar-refractivity contribution < 1.29 is 9.22 Å².